The number of likely N-dealkylation sites (N-methyl/N-ethyl adjacent to an activating group) is 1. The molecule has 0 aromatic heterocycles. The number of ether oxygens (including phenoxy) is 4. The lowest BCUT2D eigenvalue weighted by Gasteiger charge is -2.38. The standard InChI is InChI=1S/C31H44ClN5O6/c1-35(20-22-4-6-23(7-5-22)31(39)43-17-14-36-12-15-42-16-13-36)10-11-37-9-8-27(29(21-37)41-3)34-30(38)24-18-25(32)26(33)19-28(24)40-2/h4-7,18-19,27,29H,8-17,20-21,33H2,1-3H3,(H,34,38)/t27-,29+/m1/s1. The molecule has 2 atom stereocenters. The molecule has 0 radical (unpaired) electrons. The van der Waals surface area contributed by atoms with Crippen molar-refractivity contribution in [2.24, 2.45) is 0 Å². The second-order valence-corrected chi connectivity index (χ2v) is 11.4. The molecule has 12 heteroatoms. The molecule has 0 aliphatic carbocycles. The van der Waals surface area contributed by atoms with Crippen LogP contribution in [0.2, 0.25) is 5.02 Å². The lowest BCUT2D eigenvalue weighted by molar-refractivity contribution is 0.00440. The fourth-order valence-corrected chi connectivity index (χ4v) is 5.54. The number of nitrogens with zero attached hydrogens (tertiary/aromatic N) is 3. The van der Waals surface area contributed by atoms with Crippen LogP contribution in [0.25, 0.3) is 0 Å². The number of hydrogen-bond donors (Lipinski definition) is 2. The number of benzene rings is 2. The Labute approximate surface area is 259 Å². The molecular weight excluding hydrogens is 574 g/mol. The molecular formula is C31H44ClN5O6. The molecule has 3 N–H and O–H groups in total. The zero-order valence-electron chi connectivity index (χ0n) is 25.4. The molecule has 2 aliphatic heterocycles. The number of carbonyl (C=O) groups is 2. The quantitative estimate of drug-likeness (QED) is 0.256. The Hall–Kier alpha value is -2.93. The van der Waals surface area contributed by atoms with Crippen LogP contribution in [0, 0.1) is 0 Å². The van der Waals surface area contributed by atoms with E-state index in [2.05, 4.69) is 27.1 Å². The maximum atomic E-state index is 13.1. The number of methoxy groups -OCH3 is 2. The summed E-state index contributed by atoms with van der Waals surface area (Å²) in [7, 11) is 5.25. The Morgan fingerprint density at radius 3 is 2.53 bits per heavy atom. The van der Waals surface area contributed by atoms with E-state index in [1.54, 1.807) is 13.2 Å². The van der Waals surface area contributed by atoms with E-state index in [0.717, 1.165) is 71.0 Å². The summed E-state index contributed by atoms with van der Waals surface area (Å²) >= 11 is 6.16. The van der Waals surface area contributed by atoms with Gasteiger partial charge >= 0.3 is 5.97 Å². The van der Waals surface area contributed by atoms with Crippen LogP contribution in [0.15, 0.2) is 36.4 Å². The number of rotatable bonds is 13. The van der Waals surface area contributed by atoms with Crippen LogP contribution in [0.3, 0.4) is 0 Å². The van der Waals surface area contributed by atoms with Gasteiger partial charge in [-0.05, 0) is 37.2 Å². The maximum absolute atomic E-state index is 13.1. The number of nitrogens with one attached hydrogen (secondary N) is 1. The van der Waals surface area contributed by atoms with E-state index in [1.165, 1.54) is 13.2 Å². The third-order valence-electron chi connectivity index (χ3n) is 8.01. The SMILES string of the molecule is COc1cc(N)c(Cl)cc1C(=O)N[C@@H]1CCN(CCN(C)Cc2ccc(C(=O)OCCN3CCOCC3)cc2)C[C@@H]1OC. The van der Waals surface area contributed by atoms with E-state index >= 15 is 0 Å². The predicted molar refractivity (Wildman–Crippen MR) is 166 cm³/mol. The highest BCUT2D eigenvalue weighted by atomic mass is 35.5. The van der Waals surface area contributed by atoms with Crippen molar-refractivity contribution in [3.05, 3.63) is 58.1 Å². The maximum Gasteiger partial charge on any atom is 0.338 e. The van der Waals surface area contributed by atoms with Gasteiger partial charge in [-0.25, -0.2) is 4.79 Å². The number of morpholine rings is 1. The first-order valence-electron chi connectivity index (χ1n) is 14.7. The molecule has 11 nitrogen and oxygen atoms in total. The lowest BCUT2D eigenvalue weighted by atomic mass is 10.0. The fourth-order valence-electron chi connectivity index (χ4n) is 5.37. The monoisotopic (exact) mass is 617 g/mol. The first kappa shape index (κ1) is 33.0. The summed E-state index contributed by atoms with van der Waals surface area (Å²) in [6.45, 7) is 8.35. The zero-order valence-corrected chi connectivity index (χ0v) is 26.1. The van der Waals surface area contributed by atoms with Crippen molar-refractivity contribution in [1.29, 1.82) is 0 Å². The molecule has 0 spiro atoms. The van der Waals surface area contributed by atoms with Gasteiger partial charge in [-0.2, -0.15) is 0 Å². The van der Waals surface area contributed by atoms with Crippen LogP contribution >= 0.6 is 11.6 Å². The lowest BCUT2D eigenvalue weighted by Crippen LogP contribution is -2.55. The van der Waals surface area contributed by atoms with E-state index in [-0.39, 0.29) is 24.0 Å². The minimum atomic E-state index is -0.295. The number of nitrogens with two attached hydrogens (primary N) is 1. The topological polar surface area (TPSA) is 119 Å². The highest BCUT2D eigenvalue weighted by molar-refractivity contribution is 6.33. The van der Waals surface area contributed by atoms with Crippen LogP contribution in [0.5, 0.6) is 5.75 Å². The summed E-state index contributed by atoms with van der Waals surface area (Å²) in [6, 6.07) is 10.6. The van der Waals surface area contributed by atoms with Crippen molar-refractivity contribution < 1.29 is 28.5 Å². The normalized spacial score (nSPS) is 19.7. The van der Waals surface area contributed by atoms with Crippen molar-refractivity contribution >= 4 is 29.2 Å². The molecule has 4 rings (SSSR count). The van der Waals surface area contributed by atoms with Gasteiger partial charge in [-0.3, -0.25) is 14.6 Å². The number of amides is 1. The number of carbonyl (C=O) groups excluding carboxylic acids is 2. The first-order chi connectivity index (χ1) is 20.8. The molecule has 2 aromatic carbocycles. The highest BCUT2D eigenvalue weighted by Gasteiger charge is 2.31. The van der Waals surface area contributed by atoms with Crippen molar-refractivity contribution in [2.45, 2.75) is 25.1 Å². The summed E-state index contributed by atoms with van der Waals surface area (Å²) in [5.41, 5.74) is 8.25. The van der Waals surface area contributed by atoms with Gasteiger partial charge in [0, 0.05) is 65.5 Å². The molecule has 0 unspecified atom stereocenters. The van der Waals surface area contributed by atoms with Crippen LogP contribution in [0.4, 0.5) is 5.69 Å². The average molecular weight is 618 g/mol. The van der Waals surface area contributed by atoms with Crippen LogP contribution < -0.4 is 15.8 Å². The smallest absolute Gasteiger partial charge is 0.338 e. The number of halogens is 1. The van der Waals surface area contributed by atoms with E-state index in [1.807, 2.05) is 24.3 Å². The van der Waals surface area contributed by atoms with Gasteiger partial charge in [-0.1, -0.05) is 23.7 Å². The van der Waals surface area contributed by atoms with Gasteiger partial charge in [0.05, 0.1) is 54.3 Å². The van der Waals surface area contributed by atoms with Crippen LogP contribution in [0.1, 0.15) is 32.7 Å². The van der Waals surface area contributed by atoms with E-state index in [4.69, 9.17) is 36.3 Å². The predicted octanol–water partition coefficient (Wildman–Crippen LogP) is 2.37. The average Bonchev–Trinajstić information content (AvgIpc) is 3.02. The summed E-state index contributed by atoms with van der Waals surface area (Å²) in [4.78, 5) is 32.3. The molecule has 2 aliphatic rings. The van der Waals surface area contributed by atoms with Gasteiger partial charge in [-0.15, -0.1) is 0 Å². The summed E-state index contributed by atoms with van der Waals surface area (Å²) in [5.74, 6) is -0.189. The molecule has 2 saturated heterocycles. The molecule has 1 amide bonds. The van der Waals surface area contributed by atoms with Gasteiger partial charge in [0.2, 0.25) is 0 Å². The molecule has 0 bridgehead atoms. The summed E-state index contributed by atoms with van der Waals surface area (Å²) in [5, 5.41) is 3.40. The minimum absolute atomic E-state index is 0.142. The van der Waals surface area contributed by atoms with Crippen LogP contribution in [-0.2, 0) is 20.8 Å². The molecule has 2 heterocycles. The second-order valence-electron chi connectivity index (χ2n) is 11.0. The van der Waals surface area contributed by atoms with Crippen molar-refractivity contribution in [1.82, 2.24) is 20.0 Å². The highest BCUT2D eigenvalue weighted by Crippen LogP contribution is 2.29. The number of likely N-dealkylation sites (tertiary alicyclic amines) is 1. The molecule has 43 heavy (non-hydrogen) atoms. The Bertz CT molecular complexity index is 1210. The number of esters is 1. The molecule has 2 aromatic rings. The number of anilines is 1. The van der Waals surface area contributed by atoms with Crippen molar-refractivity contribution in [2.75, 3.05) is 92.6 Å². The summed E-state index contributed by atoms with van der Waals surface area (Å²) < 4.78 is 21.9. The summed E-state index contributed by atoms with van der Waals surface area (Å²) in [6.07, 6.45) is 0.600. The van der Waals surface area contributed by atoms with Gasteiger partial charge in [0.25, 0.3) is 5.91 Å². The van der Waals surface area contributed by atoms with Crippen LogP contribution in [-0.4, -0.2) is 126 Å². The second kappa shape index (κ2) is 16.2. The Balaban J connectivity index is 1.19. The van der Waals surface area contributed by atoms with Gasteiger partial charge in [0.1, 0.15) is 12.4 Å². The fraction of sp³-hybridized carbons (Fsp3) is 0.548. The molecule has 0 saturated carbocycles. The van der Waals surface area contributed by atoms with Crippen molar-refractivity contribution in [3.63, 3.8) is 0 Å². The van der Waals surface area contributed by atoms with Gasteiger partial charge < -0.3 is 34.9 Å². The third-order valence-corrected chi connectivity index (χ3v) is 8.34. The van der Waals surface area contributed by atoms with E-state index in [9.17, 15) is 9.59 Å². The van der Waals surface area contributed by atoms with Crippen molar-refractivity contribution in [3.8, 4) is 5.75 Å². The van der Waals surface area contributed by atoms with E-state index in [0.29, 0.717) is 40.7 Å². The number of hydrogen-bond acceptors (Lipinski definition) is 10. The Morgan fingerprint density at radius 2 is 1.84 bits per heavy atom. The first-order valence-corrected chi connectivity index (χ1v) is 15.1. The Kier molecular flexibility index (Phi) is 12.4. The minimum Gasteiger partial charge on any atom is -0.496 e. The number of nitrogen functional groups attached to an aromatic ring is 1. The Morgan fingerprint density at radius 1 is 1.09 bits per heavy atom. The van der Waals surface area contributed by atoms with E-state index < -0.39 is 0 Å². The third kappa shape index (κ3) is 9.53. The number of piperidine rings is 1. The zero-order chi connectivity index (χ0) is 30.8. The molecule has 2 fully saturated rings. The van der Waals surface area contributed by atoms with Gasteiger partial charge in [0.15, 0.2) is 0 Å². The largest absolute Gasteiger partial charge is 0.496 e. The molecule has 236 valence electrons.